The van der Waals surface area contributed by atoms with Gasteiger partial charge >= 0.3 is 0 Å². The maximum Gasteiger partial charge on any atom is 0.117 e. The van der Waals surface area contributed by atoms with Gasteiger partial charge in [-0.25, -0.2) is 0 Å². The van der Waals surface area contributed by atoms with Crippen LogP contribution in [0.15, 0.2) is 59.8 Å². The molecule has 0 amide bonds. The summed E-state index contributed by atoms with van der Waals surface area (Å²) in [4.78, 5) is 5.43. The minimum Gasteiger partial charge on any atom is -0.396 e. The van der Waals surface area contributed by atoms with Gasteiger partial charge < -0.3 is 47.5 Å². The van der Waals surface area contributed by atoms with Crippen LogP contribution < -0.4 is 0 Å². The number of nitrogens with zero attached hydrogens (tertiary/aromatic N) is 1. The highest BCUT2D eigenvalue weighted by Crippen LogP contribution is 2.25. The van der Waals surface area contributed by atoms with E-state index in [9.17, 15) is 0 Å². The normalized spacial score (nSPS) is 12.1. The summed E-state index contributed by atoms with van der Waals surface area (Å²) in [6, 6.07) is 19.1. The second-order valence-electron chi connectivity index (χ2n) is 13.4. The molecule has 0 radical (unpaired) electrons. The Morgan fingerprint density at radius 2 is 0.865 bits per heavy atom. The van der Waals surface area contributed by atoms with Crippen LogP contribution in [0.25, 0.3) is 21.5 Å². The molecule has 0 atom stereocenters. The molecule has 0 N–H and O–H groups in total. The number of ether oxygens (including phenoxy) is 9. The van der Waals surface area contributed by atoms with E-state index in [0.29, 0.717) is 124 Å². The molecule has 0 saturated carbocycles. The summed E-state index contributed by atoms with van der Waals surface area (Å²) in [5.74, 6) is 0. The summed E-state index contributed by atoms with van der Waals surface area (Å²) in [6.07, 6.45) is 4.59. The van der Waals surface area contributed by atoms with Crippen LogP contribution in [0.3, 0.4) is 0 Å². The van der Waals surface area contributed by atoms with E-state index in [2.05, 4.69) is 80.5 Å². The Morgan fingerprint density at radius 1 is 0.442 bits per heavy atom. The van der Waals surface area contributed by atoms with Crippen LogP contribution in [0.5, 0.6) is 0 Å². The van der Waals surface area contributed by atoms with E-state index in [4.69, 9.17) is 47.5 Å². The van der Waals surface area contributed by atoms with Crippen molar-refractivity contribution >= 4 is 27.8 Å². The molecule has 292 valence electrons. The number of unbranched alkanes of at least 4 members (excludes halogenated alkanes) is 1. The Hall–Kier alpha value is -2.71. The highest BCUT2D eigenvalue weighted by molar-refractivity contribution is 6.08. The van der Waals surface area contributed by atoms with Crippen molar-refractivity contribution < 1.29 is 47.5 Å². The summed E-state index contributed by atoms with van der Waals surface area (Å²) >= 11 is 0. The molecule has 0 aliphatic rings. The van der Waals surface area contributed by atoms with Gasteiger partial charge in [0.15, 0.2) is 0 Å². The third-order valence-corrected chi connectivity index (χ3v) is 7.79. The van der Waals surface area contributed by atoms with Gasteiger partial charge in [0.1, 0.15) is 6.61 Å². The van der Waals surface area contributed by atoms with E-state index < -0.39 is 0 Å². The Morgan fingerprint density at radius 3 is 1.38 bits per heavy atom. The first-order chi connectivity index (χ1) is 25.5. The van der Waals surface area contributed by atoms with E-state index in [1.54, 1.807) is 6.21 Å². The van der Waals surface area contributed by atoms with Gasteiger partial charge in [-0.3, -0.25) is 0 Å². The molecule has 0 bridgehead atoms. The number of benzene rings is 3. The van der Waals surface area contributed by atoms with E-state index in [1.165, 1.54) is 21.5 Å². The SMILES string of the molecule is CC(C)(C)CCOCCOCCOCCOCCOCCOCCOCCOCCOCCCCO/N=C/c1ccc2c(ccc3ccccc32)c1. The Bertz CT molecular complexity index is 1330. The number of fused-ring (bicyclic) bond motifs is 3. The molecule has 3 aromatic carbocycles. The number of oxime groups is 1. The molecule has 0 aromatic heterocycles. The standard InChI is InChI=1S/C41H63NO10/c1-41(2,3)14-17-44-19-21-46-23-25-48-27-29-50-31-33-51-32-30-49-28-26-47-24-22-45-20-18-43-15-6-7-16-52-42-35-36-10-13-40-38(34-36)12-11-37-8-4-5-9-39(37)40/h4-5,8-13,34-35H,6-7,14-33H2,1-3H3/b42-35+. The summed E-state index contributed by atoms with van der Waals surface area (Å²) in [5, 5.41) is 9.07. The monoisotopic (exact) mass is 729 g/mol. The first-order valence-electron chi connectivity index (χ1n) is 18.8. The maximum absolute atomic E-state index is 5.63. The van der Waals surface area contributed by atoms with Crippen molar-refractivity contribution in [2.24, 2.45) is 10.6 Å². The number of hydrogen-bond donors (Lipinski definition) is 0. The molecule has 11 heteroatoms. The summed E-state index contributed by atoms with van der Waals surface area (Å²) in [7, 11) is 0. The second-order valence-corrected chi connectivity index (χ2v) is 13.4. The van der Waals surface area contributed by atoms with Gasteiger partial charge in [-0.2, -0.15) is 0 Å². The number of hydrogen-bond acceptors (Lipinski definition) is 11. The molecule has 0 unspecified atom stereocenters. The summed E-state index contributed by atoms with van der Waals surface area (Å²) in [6.45, 7) is 17.3. The fourth-order valence-electron chi connectivity index (χ4n) is 4.87. The lowest BCUT2D eigenvalue weighted by molar-refractivity contribution is -0.0254. The van der Waals surface area contributed by atoms with Crippen molar-refractivity contribution in [2.75, 3.05) is 126 Å². The van der Waals surface area contributed by atoms with Crippen LogP contribution in [-0.4, -0.2) is 132 Å². The first-order valence-corrected chi connectivity index (χ1v) is 18.8. The minimum atomic E-state index is 0.303. The van der Waals surface area contributed by atoms with Crippen molar-refractivity contribution in [3.05, 3.63) is 60.2 Å². The lowest BCUT2D eigenvalue weighted by Crippen LogP contribution is -2.15. The summed E-state index contributed by atoms with van der Waals surface area (Å²) < 4.78 is 49.8. The van der Waals surface area contributed by atoms with Gasteiger partial charge in [-0.05, 0) is 57.9 Å². The van der Waals surface area contributed by atoms with E-state index in [-0.39, 0.29) is 0 Å². The molecule has 3 aromatic rings. The molecular formula is C41H63NO10. The molecule has 0 fully saturated rings. The van der Waals surface area contributed by atoms with Crippen molar-refractivity contribution in [1.29, 1.82) is 0 Å². The van der Waals surface area contributed by atoms with Crippen LogP contribution >= 0.6 is 0 Å². The van der Waals surface area contributed by atoms with Gasteiger partial charge in [0.05, 0.1) is 112 Å². The van der Waals surface area contributed by atoms with Crippen molar-refractivity contribution in [2.45, 2.75) is 40.0 Å². The van der Waals surface area contributed by atoms with Crippen LogP contribution in [0.1, 0.15) is 45.6 Å². The Balaban J connectivity index is 0.959. The van der Waals surface area contributed by atoms with Gasteiger partial charge in [-0.1, -0.05) is 74.5 Å². The molecule has 0 saturated heterocycles. The van der Waals surface area contributed by atoms with E-state index in [1.807, 2.05) is 0 Å². The van der Waals surface area contributed by atoms with Crippen LogP contribution in [0.4, 0.5) is 0 Å². The first kappa shape index (κ1) is 43.7. The maximum atomic E-state index is 5.63. The van der Waals surface area contributed by atoms with Gasteiger partial charge in [0.25, 0.3) is 0 Å². The predicted octanol–water partition coefficient (Wildman–Crippen LogP) is 6.71. The molecule has 0 heterocycles. The van der Waals surface area contributed by atoms with Crippen molar-refractivity contribution in [3.8, 4) is 0 Å². The largest absolute Gasteiger partial charge is 0.396 e. The highest BCUT2D eigenvalue weighted by atomic mass is 16.6. The predicted molar refractivity (Wildman–Crippen MR) is 206 cm³/mol. The van der Waals surface area contributed by atoms with E-state index in [0.717, 1.165) is 31.4 Å². The lowest BCUT2D eigenvalue weighted by Gasteiger charge is -2.17. The third-order valence-electron chi connectivity index (χ3n) is 7.79. The zero-order valence-corrected chi connectivity index (χ0v) is 31.9. The fraction of sp³-hybridized carbons (Fsp3) is 0.634. The third kappa shape index (κ3) is 21.7. The molecule has 0 aliphatic heterocycles. The summed E-state index contributed by atoms with van der Waals surface area (Å²) in [5.41, 5.74) is 1.32. The van der Waals surface area contributed by atoms with Gasteiger partial charge in [0.2, 0.25) is 0 Å². The molecular weight excluding hydrogens is 666 g/mol. The minimum absolute atomic E-state index is 0.303. The number of rotatable bonds is 33. The second kappa shape index (κ2) is 28.7. The fourth-order valence-corrected chi connectivity index (χ4v) is 4.87. The lowest BCUT2D eigenvalue weighted by atomic mass is 9.93. The van der Waals surface area contributed by atoms with Gasteiger partial charge in [-0.15, -0.1) is 0 Å². The smallest absolute Gasteiger partial charge is 0.117 e. The zero-order valence-electron chi connectivity index (χ0n) is 31.9. The quantitative estimate of drug-likeness (QED) is 0.0291. The van der Waals surface area contributed by atoms with Crippen LogP contribution in [0.2, 0.25) is 0 Å². The topological polar surface area (TPSA) is 105 Å². The Kier molecular flexibility index (Phi) is 24.2. The average Bonchev–Trinajstić information content (AvgIpc) is 3.14. The van der Waals surface area contributed by atoms with Crippen LogP contribution in [0, 0.1) is 5.41 Å². The average molecular weight is 730 g/mol. The molecule has 3 rings (SSSR count). The molecule has 52 heavy (non-hydrogen) atoms. The van der Waals surface area contributed by atoms with E-state index >= 15 is 0 Å². The molecule has 0 spiro atoms. The molecule has 0 aliphatic carbocycles. The van der Waals surface area contributed by atoms with Crippen LogP contribution in [-0.2, 0) is 47.5 Å². The Labute approximate surface area is 311 Å². The van der Waals surface area contributed by atoms with Crippen molar-refractivity contribution in [1.82, 2.24) is 0 Å². The molecule has 11 nitrogen and oxygen atoms in total. The van der Waals surface area contributed by atoms with Crippen molar-refractivity contribution in [3.63, 3.8) is 0 Å². The highest BCUT2D eigenvalue weighted by Gasteiger charge is 2.09. The van der Waals surface area contributed by atoms with Gasteiger partial charge in [0, 0.05) is 13.2 Å². The zero-order chi connectivity index (χ0) is 36.8.